The Morgan fingerprint density at radius 1 is 1.48 bits per heavy atom. The van der Waals surface area contributed by atoms with Crippen molar-refractivity contribution in [3.8, 4) is 0 Å². The lowest BCUT2D eigenvalue weighted by Crippen LogP contribution is -2.29. The van der Waals surface area contributed by atoms with Crippen molar-refractivity contribution in [2.45, 2.75) is 38.5 Å². The van der Waals surface area contributed by atoms with Crippen molar-refractivity contribution < 1.29 is 4.74 Å². The highest BCUT2D eigenvalue weighted by atomic mass is 35.5. The highest BCUT2D eigenvalue weighted by Crippen LogP contribution is 2.37. The second-order valence-corrected chi connectivity index (χ2v) is 5.77. The number of nitrogens with zero attached hydrogens (tertiary/aromatic N) is 2. The lowest BCUT2D eigenvalue weighted by Gasteiger charge is -2.31. The minimum Gasteiger partial charge on any atom is -0.371 e. The van der Waals surface area contributed by atoms with Crippen LogP contribution in [0.2, 0.25) is 5.02 Å². The van der Waals surface area contributed by atoms with E-state index in [-0.39, 0.29) is 12.1 Å². The van der Waals surface area contributed by atoms with Gasteiger partial charge in [0.1, 0.15) is 6.10 Å². The van der Waals surface area contributed by atoms with Gasteiger partial charge in [-0.1, -0.05) is 42.8 Å². The van der Waals surface area contributed by atoms with Crippen LogP contribution < -0.4 is 5.73 Å². The molecule has 112 valence electrons. The van der Waals surface area contributed by atoms with Crippen molar-refractivity contribution in [3.05, 3.63) is 52.3 Å². The van der Waals surface area contributed by atoms with E-state index in [1.165, 1.54) is 5.56 Å². The van der Waals surface area contributed by atoms with Crippen LogP contribution in [0.1, 0.15) is 42.3 Å². The fourth-order valence-corrected chi connectivity index (χ4v) is 3.23. The molecule has 0 amide bonds. The topological polar surface area (TPSA) is 53.1 Å². The summed E-state index contributed by atoms with van der Waals surface area (Å²) in [6.45, 7) is 3.61. The summed E-state index contributed by atoms with van der Waals surface area (Å²) in [5.74, 6) is 0. The number of hydrogen-bond donors (Lipinski definition) is 1. The monoisotopic (exact) mass is 305 g/mol. The maximum atomic E-state index is 6.49. The van der Waals surface area contributed by atoms with E-state index < -0.39 is 0 Å². The fourth-order valence-electron chi connectivity index (χ4n) is 2.96. The number of rotatable bonds is 4. The predicted octanol–water partition coefficient (Wildman–Crippen LogP) is 3.26. The third-order valence-corrected chi connectivity index (χ3v) is 4.23. The highest BCUT2D eigenvalue weighted by molar-refractivity contribution is 6.31. The van der Waals surface area contributed by atoms with Crippen LogP contribution in [0.5, 0.6) is 0 Å². The minimum atomic E-state index is -0.312. The van der Waals surface area contributed by atoms with E-state index in [4.69, 9.17) is 22.1 Å². The van der Waals surface area contributed by atoms with E-state index in [2.05, 4.69) is 30.2 Å². The van der Waals surface area contributed by atoms with Gasteiger partial charge in [-0.2, -0.15) is 5.10 Å². The van der Waals surface area contributed by atoms with Crippen LogP contribution in [-0.2, 0) is 17.7 Å². The van der Waals surface area contributed by atoms with Gasteiger partial charge in [0.25, 0.3) is 0 Å². The lowest BCUT2D eigenvalue weighted by molar-refractivity contribution is 0.0222. The van der Waals surface area contributed by atoms with E-state index in [1.807, 2.05) is 10.7 Å². The van der Waals surface area contributed by atoms with Crippen LogP contribution >= 0.6 is 11.6 Å². The van der Waals surface area contributed by atoms with Crippen molar-refractivity contribution in [1.29, 1.82) is 0 Å². The Labute approximate surface area is 129 Å². The number of nitrogens with two attached hydrogens (primary N) is 1. The molecular weight excluding hydrogens is 286 g/mol. The first-order valence-electron chi connectivity index (χ1n) is 7.38. The van der Waals surface area contributed by atoms with Gasteiger partial charge in [-0.3, -0.25) is 4.68 Å². The summed E-state index contributed by atoms with van der Waals surface area (Å²) in [6, 6.07) is 8.00. The van der Waals surface area contributed by atoms with Crippen LogP contribution in [-0.4, -0.2) is 16.4 Å². The van der Waals surface area contributed by atoms with Crippen LogP contribution in [0.15, 0.2) is 30.5 Å². The summed E-state index contributed by atoms with van der Waals surface area (Å²) in [5.41, 5.74) is 9.82. The molecule has 4 nitrogen and oxygen atoms in total. The van der Waals surface area contributed by atoms with Gasteiger partial charge in [0.05, 0.1) is 29.6 Å². The molecule has 0 saturated heterocycles. The number of benzene rings is 1. The van der Waals surface area contributed by atoms with Crippen LogP contribution in [0.3, 0.4) is 0 Å². The summed E-state index contributed by atoms with van der Waals surface area (Å²) >= 11 is 6.30. The molecule has 5 heteroatoms. The predicted molar refractivity (Wildman–Crippen MR) is 83.3 cm³/mol. The van der Waals surface area contributed by atoms with Gasteiger partial charge in [-0.25, -0.2) is 0 Å². The van der Waals surface area contributed by atoms with Gasteiger partial charge in [-0.15, -0.1) is 0 Å². The molecule has 21 heavy (non-hydrogen) atoms. The molecule has 1 aliphatic rings. The number of fused-ring (bicyclic) bond motifs is 1. The van der Waals surface area contributed by atoms with E-state index in [0.717, 1.165) is 30.6 Å². The van der Waals surface area contributed by atoms with Gasteiger partial charge >= 0.3 is 0 Å². The fraction of sp³-hybridized carbons (Fsp3) is 0.438. The van der Waals surface area contributed by atoms with Crippen molar-refractivity contribution in [2.75, 3.05) is 6.61 Å². The Hall–Kier alpha value is -1.36. The smallest absolute Gasteiger partial charge is 0.104 e. The molecule has 2 atom stereocenters. The van der Waals surface area contributed by atoms with Gasteiger partial charge in [0.2, 0.25) is 0 Å². The van der Waals surface area contributed by atoms with E-state index >= 15 is 0 Å². The Balaban J connectivity index is 1.96. The molecule has 0 saturated carbocycles. The molecule has 0 fully saturated rings. The maximum Gasteiger partial charge on any atom is 0.104 e. The Kier molecular flexibility index (Phi) is 4.29. The third kappa shape index (κ3) is 2.71. The number of aromatic nitrogens is 2. The zero-order chi connectivity index (χ0) is 14.8. The quantitative estimate of drug-likeness (QED) is 0.943. The molecule has 0 aliphatic carbocycles. The third-order valence-electron chi connectivity index (χ3n) is 3.94. The van der Waals surface area contributed by atoms with Crippen molar-refractivity contribution in [3.63, 3.8) is 0 Å². The molecule has 2 aromatic rings. The largest absolute Gasteiger partial charge is 0.371 e. The summed E-state index contributed by atoms with van der Waals surface area (Å²) in [6.07, 6.45) is 3.42. The second-order valence-electron chi connectivity index (χ2n) is 5.37. The van der Waals surface area contributed by atoms with Crippen molar-refractivity contribution in [1.82, 2.24) is 9.78 Å². The Morgan fingerprint density at radius 3 is 3.10 bits per heavy atom. The average Bonchev–Trinajstić information content (AvgIpc) is 2.87. The lowest BCUT2D eigenvalue weighted by atomic mass is 9.92. The van der Waals surface area contributed by atoms with Gasteiger partial charge < -0.3 is 10.5 Å². The summed E-state index contributed by atoms with van der Waals surface area (Å²) in [4.78, 5) is 0. The summed E-state index contributed by atoms with van der Waals surface area (Å²) in [5, 5.41) is 4.94. The van der Waals surface area contributed by atoms with E-state index in [1.54, 1.807) is 6.20 Å². The molecule has 1 aromatic heterocycles. The SMILES string of the molecule is CCCn1ncc(Cl)c1C(N)C1OCCc2ccccc21. The number of ether oxygens (including phenoxy) is 1. The standard InChI is InChI=1S/C16H20ClN3O/c1-2-8-20-15(13(17)10-19-20)14(18)16-12-6-4-3-5-11(12)7-9-21-16/h3-6,10,14,16H,2,7-9,18H2,1H3. The molecule has 1 aromatic carbocycles. The second kappa shape index (κ2) is 6.18. The normalized spacial score (nSPS) is 19.3. The maximum absolute atomic E-state index is 6.49. The van der Waals surface area contributed by atoms with E-state index in [9.17, 15) is 0 Å². The zero-order valence-corrected chi connectivity index (χ0v) is 12.9. The number of halogens is 1. The van der Waals surface area contributed by atoms with Gasteiger partial charge in [0, 0.05) is 6.54 Å². The zero-order valence-electron chi connectivity index (χ0n) is 12.1. The molecule has 0 bridgehead atoms. The molecule has 2 N–H and O–H groups in total. The molecule has 1 aliphatic heterocycles. The van der Waals surface area contributed by atoms with Crippen LogP contribution in [0.25, 0.3) is 0 Å². The first-order valence-corrected chi connectivity index (χ1v) is 7.76. The van der Waals surface area contributed by atoms with Crippen molar-refractivity contribution >= 4 is 11.6 Å². The van der Waals surface area contributed by atoms with Crippen LogP contribution in [0.4, 0.5) is 0 Å². The number of hydrogen-bond acceptors (Lipinski definition) is 3. The highest BCUT2D eigenvalue weighted by Gasteiger charge is 2.30. The number of aryl methyl sites for hydroxylation is 1. The van der Waals surface area contributed by atoms with Crippen molar-refractivity contribution in [2.24, 2.45) is 5.73 Å². The minimum absolute atomic E-state index is 0.167. The average molecular weight is 306 g/mol. The molecule has 0 spiro atoms. The Bertz CT molecular complexity index is 626. The molecule has 2 unspecified atom stereocenters. The molecule has 3 rings (SSSR count). The van der Waals surface area contributed by atoms with Gasteiger partial charge in [-0.05, 0) is 24.0 Å². The Morgan fingerprint density at radius 2 is 2.29 bits per heavy atom. The van der Waals surface area contributed by atoms with Gasteiger partial charge in [0.15, 0.2) is 0 Å². The summed E-state index contributed by atoms with van der Waals surface area (Å²) in [7, 11) is 0. The first-order chi connectivity index (χ1) is 10.2. The molecule has 2 heterocycles. The van der Waals surface area contributed by atoms with Crippen LogP contribution in [0, 0.1) is 0 Å². The first kappa shape index (κ1) is 14.6. The molecular formula is C16H20ClN3O. The molecule has 0 radical (unpaired) electrons. The summed E-state index contributed by atoms with van der Waals surface area (Å²) < 4.78 is 7.85. The van der Waals surface area contributed by atoms with E-state index in [0.29, 0.717) is 11.6 Å².